The van der Waals surface area contributed by atoms with Crippen molar-refractivity contribution in [3.63, 3.8) is 0 Å². The minimum absolute atomic E-state index is 0.260. The Labute approximate surface area is 150 Å². The Hall–Kier alpha value is -2.17. The third kappa shape index (κ3) is 7.50. The van der Waals surface area contributed by atoms with E-state index in [9.17, 15) is 4.79 Å². The number of hydrogen-bond donors (Lipinski definition) is 1. The molecule has 134 valence electrons. The monoisotopic (exact) mass is 341 g/mol. The minimum atomic E-state index is -0.260. The number of hydroxylamine groups is 1. The lowest BCUT2D eigenvalue weighted by atomic mass is 10.0. The molecule has 0 aromatic heterocycles. The first-order valence-electron chi connectivity index (χ1n) is 8.90. The van der Waals surface area contributed by atoms with E-state index in [2.05, 4.69) is 12.4 Å². The Bertz CT molecular complexity index is 601. The van der Waals surface area contributed by atoms with Gasteiger partial charge in [0.1, 0.15) is 0 Å². The van der Waals surface area contributed by atoms with Crippen LogP contribution in [0.2, 0.25) is 0 Å². The summed E-state index contributed by atoms with van der Waals surface area (Å²) in [5.41, 5.74) is 4.78. The number of carbonyl (C=O) groups excluding carboxylic acids is 1. The zero-order chi connectivity index (χ0) is 17.7. The lowest BCUT2D eigenvalue weighted by Gasteiger charge is -2.17. The second-order valence-electron chi connectivity index (χ2n) is 6.07. The molecule has 2 aromatic carbocycles. The van der Waals surface area contributed by atoms with Crippen LogP contribution in [0.1, 0.15) is 42.1 Å². The van der Waals surface area contributed by atoms with Gasteiger partial charge in [0.05, 0.1) is 18.8 Å². The summed E-state index contributed by atoms with van der Waals surface area (Å²) in [6.45, 7) is 3.89. The molecule has 0 saturated heterocycles. The summed E-state index contributed by atoms with van der Waals surface area (Å²) in [5.74, 6) is 0.161. The second-order valence-corrected chi connectivity index (χ2v) is 6.07. The summed E-state index contributed by atoms with van der Waals surface area (Å²) < 4.78 is 5.37. The Morgan fingerprint density at radius 1 is 1.00 bits per heavy atom. The molecule has 0 spiro atoms. The summed E-state index contributed by atoms with van der Waals surface area (Å²) in [5, 5.41) is 0. The highest BCUT2D eigenvalue weighted by Gasteiger charge is 2.11. The van der Waals surface area contributed by atoms with Crippen LogP contribution in [0, 0.1) is 5.92 Å². The van der Waals surface area contributed by atoms with Crippen LogP contribution in [-0.4, -0.2) is 19.1 Å². The van der Waals surface area contributed by atoms with Gasteiger partial charge in [-0.3, -0.25) is 4.84 Å². The van der Waals surface area contributed by atoms with Crippen LogP contribution in [0.25, 0.3) is 0 Å². The molecule has 0 bridgehead atoms. The number of rotatable bonds is 11. The van der Waals surface area contributed by atoms with Gasteiger partial charge in [0.25, 0.3) is 0 Å². The van der Waals surface area contributed by atoms with Gasteiger partial charge >= 0.3 is 5.97 Å². The fourth-order valence-corrected chi connectivity index (χ4v) is 2.62. The molecule has 0 amide bonds. The number of carbonyl (C=O) groups is 1. The van der Waals surface area contributed by atoms with E-state index in [-0.39, 0.29) is 5.97 Å². The van der Waals surface area contributed by atoms with Crippen LogP contribution < -0.4 is 5.48 Å². The van der Waals surface area contributed by atoms with Gasteiger partial charge in [-0.1, -0.05) is 61.9 Å². The quantitative estimate of drug-likeness (QED) is 0.374. The lowest BCUT2D eigenvalue weighted by Crippen LogP contribution is -2.24. The molecule has 4 nitrogen and oxygen atoms in total. The molecule has 0 radical (unpaired) electrons. The van der Waals surface area contributed by atoms with E-state index in [1.54, 1.807) is 12.1 Å². The van der Waals surface area contributed by atoms with Gasteiger partial charge in [-0.15, -0.1) is 0 Å². The lowest BCUT2D eigenvalue weighted by molar-refractivity contribution is 0.0148. The number of esters is 1. The zero-order valence-corrected chi connectivity index (χ0v) is 14.8. The van der Waals surface area contributed by atoms with Crippen LogP contribution in [0.4, 0.5) is 0 Å². The van der Waals surface area contributed by atoms with Crippen molar-refractivity contribution in [1.29, 1.82) is 0 Å². The van der Waals surface area contributed by atoms with Crippen molar-refractivity contribution in [3.8, 4) is 0 Å². The third-order valence-electron chi connectivity index (χ3n) is 4.02. The number of hydrogen-bond acceptors (Lipinski definition) is 4. The maximum Gasteiger partial charge on any atom is 0.338 e. The van der Waals surface area contributed by atoms with Crippen LogP contribution in [-0.2, 0) is 16.2 Å². The van der Waals surface area contributed by atoms with Crippen LogP contribution in [0.3, 0.4) is 0 Å². The number of ether oxygens (including phenoxy) is 1. The molecule has 0 aliphatic heterocycles. The van der Waals surface area contributed by atoms with Gasteiger partial charge in [-0.05, 0) is 36.5 Å². The highest BCUT2D eigenvalue weighted by molar-refractivity contribution is 5.89. The predicted octanol–water partition coefficient (Wildman–Crippen LogP) is 4.37. The molecule has 1 N–H and O–H groups in total. The first kappa shape index (κ1) is 19.2. The smallest absolute Gasteiger partial charge is 0.338 e. The van der Waals surface area contributed by atoms with E-state index >= 15 is 0 Å². The second kappa shape index (κ2) is 11.4. The van der Waals surface area contributed by atoms with Gasteiger partial charge in [0.2, 0.25) is 0 Å². The van der Waals surface area contributed by atoms with Crippen molar-refractivity contribution in [2.24, 2.45) is 5.92 Å². The normalized spacial score (nSPS) is 11.9. The molecular weight excluding hydrogens is 314 g/mol. The third-order valence-corrected chi connectivity index (χ3v) is 4.02. The topological polar surface area (TPSA) is 47.6 Å². The summed E-state index contributed by atoms with van der Waals surface area (Å²) in [4.78, 5) is 17.5. The molecule has 0 saturated carbocycles. The molecular formula is C21H27NO3. The minimum Gasteiger partial charge on any atom is -0.462 e. The van der Waals surface area contributed by atoms with E-state index in [1.807, 2.05) is 48.5 Å². The number of nitrogens with one attached hydrogen (secondary N) is 1. The van der Waals surface area contributed by atoms with Crippen molar-refractivity contribution < 1.29 is 14.4 Å². The molecule has 0 aliphatic rings. The van der Waals surface area contributed by atoms with Crippen LogP contribution in [0.5, 0.6) is 0 Å². The van der Waals surface area contributed by atoms with Gasteiger partial charge in [0.15, 0.2) is 0 Å². The largest absolute Gasteiger partial charge is 0.462 e. The van der Waals surface area contributed by atoms with Gasteiger partial charge in [0, 0.05) is 6.54 Å². The Morgan fingerprint density at radius 2 is 1.68 bits per heavy atom. The van der Waals surface area contributed by atoms with Gasteiger partial charge in [-0.2, -0.15) is 0 Å². The van der Waals surface area contributed by atoms with Crippen molar-refractivity contribution in [3.05, 3.63) is 71.8 Å². The standard InChI is InChI=1S/C21H27NO3/c1-2-9-18(16-22-25-17-19-10-5-3-6-11-19)14-15-24-21(23)20-12-7-4-8-13-20/h3-8,10-13,18,22H,2,9,14-17H2,1H3. The maximum absolute atomic E-state index is 11.9. The van der Waals surface area contributed by atoms with E-state index in [4.69, 9.17) is 9.57 Å². The molecule has 0 aliphatic carbocycles. The average molecular weight is 341 g/mol. The van der Waals surface area contributed by atoms with Gasteiger partial charge in [-0.25, -0.2) is 10.3 Å². The SMILES string of the molecule is CCCC(CCOC(=O)c1ccccc1)CNOCc1ccccc1. The van der Waals surface area contributed by atoms with Crippen LogP contribution >= 0.6 is 0 Å². The van der Waals surface area contributed by atoms with E-state index in [1.165, 1.54) is 0 Å². The first-order valence-corrected chi connectivity index (χ1v) is 8.90. The molecule has 4 heteroatoms. The molecule has 1 atom stereocenters. The van der Waals surface area contributed by atoms with E-state index in [0.29, 0.717) is 24.7 Å². The summed E-state index contributed by atoms with van der Waals surface area (Å²) in [6, 6.07) is 19.2. The molecule has 2 rings (SSSR count). The maximum atomic E-state index is 11.9. The number of benzene rings is 2. The Morgan fingerprint density at radius 3 is 2.36 bits per heavy atom. The molecule has 0 heterocycles. The molecule has 2 aromatic rings. The highest BCUT2D eigenvalue weighted by Crippen LogP contribution is 2.11. The zero-order valence-electron chi connectivity index (χ0n) is 14.8. The summed E-state index contributed by atoms with van der Waals surface area (Å²) >= 11 is 0. The Kier molecular flexibility index (Phi) is 8.73. The molecule has 1 unspecified atom stereocenters. The highest BCUT2D eigenvalue weighted by atomic mass is 16.6. The van der Waals surface area contributed by atoms with Crippen molar-refractivity contribution in [2.45, 2.75) is 32.8 Å². The summed E-state index contributed by atoms with van der Waals surface area (Å²) in [7, 11) is 0. The Balaban J connectivity index is 1.65. The molecule has 0 fully saturated rings. The van der Waals surface area contributed by atoms with E-state index < -0.39 is 0 Å². The fourth-order valence-electron chi connectivity index (χ4n) is 2.62. The predicted molar refractivity (Wildman–Crippen MR) is 99.0 cm³/mol. The molecule has 25 heavy (non-hydrogen) atoms. The van der Waals surface area contributed by atoms with Crippen molar-refractivity contribution in [1.82, 2.24) is 5.48 Å². The van der Waals surface area contributed by atoms with E-state index in [0.717, 1.165) is 31.4 Å². The van der Waals surface area contributed by atoms with Crippen LogP contribution in [0.15, 0.2) is 60.7 Å². The van der Waals surface area contributed by atoms with Gasteiger partial charge < -0.3 is 4.74 Å². The first-order chi connectivity index (χ1) is 12.3. The van der Waals surface area contributed by atoms with Crippen molar-refractivity contribution in [2.75, 3.05) is 13.2 Å². The average Bonchev–Trinajstić information content (AvgIpc) is 2.66. The summed E-state index contributed by atoms with van der Waals surface area (Å²) in [6.07, 6.45) is 3.00. The fraction of sp³-hybridized carbons (Fsp3) is 0.381. The van der Waals surface area contributed by atoms with Crippen molar-refractivity contribution >= 4 is 5.97 Å².